The van der Waals surface area contributed by atoms with E-state index in [-0.39, 0.29) is 35.5 Å². The molecular formula is C41H58N2O4. The van der Waals surface area contributed by atoms with E-state index in [1.54, 1.807) is 48.5 Å². The Hall–Kier alpha value is -3.02. The fourth-order valence-electron chi connectivity index (χ4n) is 11.2. The van der Waals surface area contributed by atoms with E-state index in [0.717, 1.165) is 43.4 Å². The summed E-state index contributed by atoms with van der Waals surface area (Å²) in [5, 5.41) is 0. The van der Waals surface area contributed by atoms with Gasteiger partial charge in [-0.3, -0.25) is 0 Å². The number of ether oxygens (including phenoxy) is 2. The minimum atomic E-state index is -0.310. The van der Waals surface area contributed by atoms with Gasteiger partial charge in [-0.05, 0) is 146 Å². The van der Waals surface area contributed by atoms with Crippen LogP contribution in [0.15, 0.2) is 48.5 Å². The van der Waals surface area contributed by atoms with Crippen molar-refractivity contribution in [3.8, 4) is 0 Å². The van der Waals surface area contributed by atoms with Crippen molar-refractivity contribution in [1.82, 2.24) is 0 Å². The largest absolute Gasteiger partial charge is 0.459 e. The van der Waals surface area contributed by atoms with Gasteiger partial charge in [-0.15, -0.1) is 0 Å². The third-order valence-corrected chi connectivity index (χ3v) is 13.6. The second-order valence-corrected chi connectivity index (χ2v) is 16.7. The van der Waals surface area contributed by atoms with Gasteiger partial charge in [0.1, 0.15) is 12.2 Å². The lowest BCUT2D eigenvalue weighted by atomic mass is 9.43. The number of nitrogen functional groups attached to an aromatic ring is 2. The molecule has 10 atom stereocenters. The summed E-state index contributed by atoms with van der Waals surface area (Å²) in [6.45, 7) is 12.3. The molecule has 2 aromatic rings. The Bertz CT molecular complexity index is 1410. The van der Waals surface area contributed by atoms with Crippen LogP contribution in [0.3, 0.4) is 0 Å². The van der Waals surface area contributed by atoms with Crippen molar-refractivity contribution in [3.05, 3.63) is 59.7 Å². The summed E-state index contributed by atoms with van der Waals surface area (Å²) in [5.41, 5.74) is 14.5. The first-order valence-electron chi connectivity index (χ1n) is 18.5. The van der Waals surface area contributed by atoms with Crippen LogP contribution in [-0.2, 0) is 9.47 Å². The second kappa shape index (κ2) is 13.5. The van der Waals surface area contributed by atoms with Crippen molar-refractivity contribution in [2.75, 3.05) is 11.5 Å². The zero-order valence-corrected chi connectivity index (χ0v) is 29.4. The molecule has 4 aliphatic rings. The number of fused-ring (bicyclic) bond motifs is 5. The number of anilines is 2. The lowest BCUT2D eigenvalue weighted by Crippen LogP contribution is -2.59. The van der Waals surface area contributed by atoms with E-state index >= 15 is 0 Å². The van der Waals surface area contributed by atoms with E-state index < -0.39 is 0 Å². The van der Waals surface area contributed by atoms with Crippen molar-refractivity contribution in [3.63, 3.8) is 0 Å². The fraction of sp³-hybridized carbons (Fsp3) is 0.659. The molecular weight excluding hydrogens is 584 g/mol. The summed E-state index contributed by atoms with van der Waals surface area (Å²) in [6.07, 6.45) is 12.2. The van der Waals surface area contributed by atoms with E-state index in [0.29, 0.717) is 45.7 Å². The first-order valence-corrected chi connectivity index (χ1v) is 18.5. The average molecular weight is 643 g/mol. The molecule has 256 valence electrons. The highest BCUT2D eigenvalue weighted by molar-refractivity contribution is 5.90. The third-order valence-electron chi connectivity index (χ3n) is 13.6. The number of hydrogen-bond acceptors (Lipinski definition) is 6. The zero-order valence-electron chi connectivity index (χ0n) is 29.4. The van der Waals surface area contributed by atoms with Crippen molar-refractivity contribution in [2.45, 2.75) is 117 Å². The molecule has 0 amide bonds. The Morgan fingerprint density at radius 2 is 1.30 bits per heavy atom. The second-order valence-electron chi connectivity index (χ2n) is 16.7. The highest BCUT2D eigenvalue weighted by atomic mass is 16.6. The van der Waals surface area contributed by atoms with Crippen LogP contribution in [0.2, 0.25) is 0 Å². The smallest absolute Gasteiger partial charge is 0.338 e. The monoisotopic (exact) mass is 642 g/mol. The van der Waals surface area contributed by atoms with Crippen LogP contribution < -0.4 is 11.5 Å². The Morgan fingerprint density at radius 3 is 1.91 bits per heavy atom. The SMILES string of the molecule is CC(C)CCCC(C)C1CCC2C3CC(OC(=O)c4ccc(N)cc4)C4CC(OC(=O)c5ccc(N)cc5)CCC4(C)C3CCC12C. The number of carbonyl (C=O) groups is 2. The lowest BCUT2D eigenvalue weighted by molar-refractivity contribution is -0.174. The molecule has 6 heteroatoms. The van der Waals surface area contributed by atoms with Crippen molar-refractivity contribution in [1.29, 1.82) is 0 Å². The lowest BCUT2D eigenvalue weighted by Gasteiger charge is -2.62. The molecule has 2 aromatic carbocycles. The Balaban J connectivity index is 1.24. The van der Waals surface area contributed by atoms with Crippen LogP contribution in [0.1, 0.15) is 126 Å². The first kappa shape index (κ1) is 33.9. The maximum absolute atomic E-state index is 13.7. The Morgan fingerprint density at radius 1 is 0.723 bits per heavy atom. The number of carbonyl (C=O) groups excluding carboxylic acids is 2. The van der Waals surface area contributed by atoms with Gasteiger partial charge < -0.3 is 20.9 Å². The van der Waals surface area contributed by atoms with Crippen molar-refractivity contribution >= 4 is 23.3 Å². The van der Waals surface area contributed by atoms with Crippen LogP contribution in [0.5, 0.6) is 0 Å². The van der Waals surface area contributed by atoms with E-state index in [9.17, 15) is 9.59 Å². The molecule has 6 rings (SSSR count). The summed E-state index contributed by atoms with van der Waals surface area (Å²) in [5.74, 6) is 3.63. The van der Waals surface area contributed by atoms with Gasteiger partial charge in [0.15, 0.2) is 0 Å². The Kier molecular flexibility index (Phi) is 9.71. The van der Waals surface area contributed by atoms with Crippen LogP contribution >= 0.6 is 0 Å². The van der Waals surface area contributed by atoms with Gasteiger partial charge in [0.2, 0.25) is 0 Å². The molecule has 0 spiro atoms. The van der Waals surface area contributed by atoms with Gasteiger partial charge in [-0.25, -0.2) is 9.59 Å². The topological polar surface area (TPSA) is 105 Å². The summed E-state index contributed by atoms with van der Waals surface area (Å²) in [6, 6.07) is 14.0. The Labute approximate surface area is 282 Å². The van der Waals surface area contributed by atoms with Crippen LogP contribution in [0, 0.1) is 52.3 Å². The third kappa shape index (κ3) is 6.68. The quantitative estimate of drug-likeness (QED) is 0.209. The normalized spacial score (nSPS) is 35.3. The number of benzene rings is 2. The number of rotatable bonds is 9. The van der Waals surface area contributed by atoms with Crippen LogP contribution in [-0.4, -0.2) is 24.1 Å². The molecule has 6 nitrogen and oxygen atoms in total. The van der Waals surface area contributed by atoms with Gasteiger partial charge in [0.25, 0.3) is 0 Å². The fourth-order valence-corrected chi connectivity index (χ4v) is 11.2. The maximum atomic E-state index is 13.7. The predicted octanol–water partition coefficient (Wildman–Crippen LogP) is 9.33. The van der Waals surface area contributed by atoms with Gasteiger partial charge in [-0.1, -0.05) is 53.9 Å². The van der Waals surface area contributed by atoms with Gasteiger partial charge >= 0.3 is 11.9 Å². The average Bonchev–Trinajstić information content (AvgIpc) is 3.39. The molecule has 4 N–H and O–H groups in total. The number of nitrogens with two attached hydrogens (primary N) is 2. The molecule has 4 fully saturated rings. The molecule has 4 aliphatic carbocycles. The molecule has 0 aromatic heterocycles. The molecule has 4 saturated carbocycles. The molecule has 47 heavy (non-hydrogen) atoms. The van der Waals surface area contributed by atoms with E-state index in [2.05, 4.69) is 34.6 Å². The summed E-state index contributed by atoms with van der Waals surface area (Å²) in [4.78, 5) is 26.8. The molecule has 0 aliphatic heterocycles. The van der Waals surface area contributed by atoms with E-state index in [1.807, 2.05) is 0 Å². The van der Waals surface area contributed by atoms with Gasteiger partial charge in [-0.2, -0.15) is 0 Å². The molecule has 10 unspecified atom stereocenters. The number of hydrogen-bond donors (Lipinski definition) is 2. The van der Waals surface area contributed by atoms with E-state index in [1.165, 1.54) is 44.9 Å². The molecule has 0 bridgehead atoms. The molecule has 0 radical (unpaired) electrons. The minimum Gasteiger partial charge on any atom is -0.459 e. The van der Waals surface area contributed by atoms with Crippen molar-refractivity contribution < 1.29 is 19.1 Å². The minimum absolute atomic E-state index is 0.0291. The standard InChI is InChI=1S/C41H58N2O4/c1-25(2)7-6-8-26(3)33-17-18-34-32-24-37(47-39(45)28-11-15-30(43)16-12-28)36-23-31(46-38(44)27-9-13-29(42)14-10-27)19-21-41(36,5)35(32)20-22-40(33,34)4/h9-16,25-26,31-37H,6-8,17-24,42-43H2,1-5H3. The molecule has 0 heterocycles. The highest BCUT2D eigenvalue weighted by Crippen LogP contribution is 2.69. The van der Waals surface area contributed by atoms with Crippen LogP contribution in [0.4, 0.5) is 11.4 Å². The van der Waals surface area contributed by atoms with Gasteiger partial charge in [0, 0.05) is 17.3 Å². The summed E-state index contributed by atoms with van der Waals surface area (Å²) in [7, 11) is 0. The zero-order chi connectivity index (χ0) is 33.5. The predicted molar refractivity (Wildman–Crippen MR) is 189 cm³/mol. The summed E-state index contributed by atoms with van der Waals surface area (Å²) < 4.78 is 12.7. The van der Waals surface area contributed by atoms with Gasteiger partial charge in [0.05, 0.1) is 11.1 Å². The van der Waals surface area contributed by atoms with E-state index in [4.69, 9.17) is 20.9 Å². The highest BCUT2D eigenvalue weighted by Gasteiger charge is 2.63. The molecule has 0 saturated heterocycles. The van der Waals surface area contributed by atoms with Crippen molar-refractivity contribution in [2.24, 2.45) is 52.3 Å². The number of esters is 2. The van der Waals surface area contributed by atoms with Crippen LogP contribution in [0.25, 0.3) is 0 Å². The maximum Gasteiger partial charge on any atom is 0.338 e. The first-order chi connectivity index (χ1) is 22.4. The summed E-state index contributed by atoms with van der Waals surface area (Å²) >= 11 is 0.